The zero-order chi connectivity index (χ0) is 13.7. The summed E-state index contributed by atoms with van der Waals surface area (Å²) < 4.78 is 0. The standard InChI is InChI=1S/C15H23N3S/c1-11(2)12-5-3-6-13(9-12)18-15(16)17-10-14-7-4-8-19-14/h3,5-6,9,11,14H,4,7-8,10H2,1-2H3,(H3,16,17,18). The molecule has 0 saturated carbocycles. The normalized spacial score (nSPS) is 19.9. The first-order valence-electron chi connectivity index (χ1n) is 6.93. The van der Waals surface area contributed by atoms with Crippen LogP contribution in [0.3, 0.4) is 0 Å². The minimum atomic E-state index is 0.522. The molecule has 0 aromatic heterocycles. The third-order valence-corrected chi connectivity index (χ3v) is 4.70. The van der Waals surface area contributed by atoms with E-state index in [0.717, 1.165) is 12.2 Å². The summed E-state index contributed by atoms with van der Waals surface area (Å²) in [5, 5.41) is 3.83. The predicted octanol–water partition coefficient (Wildman–Crippen LogP) is 3.43. The molecule has 0 radical (unpaired) electrons. The lowest BCUT2D eigenvalue weighted by Gasteiger charge is -2.10. The molecule has 1 aliphatic heterocycles. The van der Waals surface area contributed by atoms with E-state index < -0.39 is 0 Å². The van der Waals surface area contributed by atoms with E-state index in [2.05, 4.69) is 42.4 Å². The van der Waals surface area contributed by atoms with Crippen molar-refractivity contribution in [3.8, 4) is 0 Å². The maximum Gasteiger partial charge on any atom is 0.193 e. The number of nitrogens with two attached hydrogens (primary N) is 1. The van der Waals surface area contributed by atoms with E-state index in [1.807, 2.05) is 17.8 Å². The fraction of sp³-hybridized carbons (Fsp3) is 0.533. The summed E-state index contributed by atoms with van der Waals surface area (Å²) in [4.78, 5) is 4.44. The van der Waals surface area contributed by atoms with E-state index in [1.54, 1.807) is 0 Å². The topological polar surface area (TPSA) is 50.4 Å². The van der Waals surface area contributed by atoms with E-state index in [0.29, 0.717) is 17.1 Å². The van der Waals surface area contributed by atoms with Gasteiger partial charge >= 0.3 is 0 Å². The molecular weight excluding hydrogens is 254 g/mol. The maximum absolute atomic E-state index is 5.94. The first-order chi connectivity index (χ1) is 9.15. The Bertz CT molecular complexity index is 437. The number of benzene rings is 1. The molecule has 1 atom stereocenters. The van der Waals surface area contributed by atoms with Crippen molar-refractivity contribution in [2.75, 3.05) is 17.6 Å². The highest BCUT2D eigenvalue weighted by atomic mass is 32.2. The van der Waals surface area contributed by atoms with Crippen LogP contribution in [0, 0.1) is 0 Å². The summed E-state index contributed by atoms with van der Waals surface area (Å²) in [6, 6.07) is 8.35. The van der Waals surface area contributed by atoms with Crippen LogP contribution in [0.15, 0.2) is 29.3 Å². The largest absolute Gasteiger partial charge is 0.370 e. The quantitative estimate of drug-likeness (QED) is 0.655. The summed E-state index contributed by atoms with van der Waals surface area (Å²) in [6.07, 6.45) is 2.58. The van der Waals surface area contributed by atoms with Gasteiger partial charge in [0.05, 0.1) is 6.54 Å². The number of nitrogens with zero attached hydrogens (tertiary/aromatic N) is 1. The number of nitrogens with one attached hydrogen (secondary N) is 1. The maximum atomic E-state index is 5.94. The number of aliphatic imine (C=N–C) groups is 1. The molecule has 1 aromatic carbocycles. The highest BCUT2D eigenvalue weighted by Gasteiger charge is 2.14. The second kappa shape index (κ2) is 6.85. The number of guanidine groups is 1. The first kappa shape index (κ1) is 14.3. The lowest BCUT2D eigenvalue weighted by Crippen LogP contribution is -2.24. The van der Waals surface area contributed by atoms with Gasteiger partial charge in [0, 0.05) is 10.9 Å². The Hall–Kier alpha value is -1.16. The van der Waals surface area contributed by atoms with Gasteiger partial charge in [0.15, 0.2) is 5.96 Å². The molecule has 3 N–H and O–H groups in total. The van der Waals surface area contributed by atoms with Gasteiger partial charge in [0.2, 0.25) is 0 Å². The second-order valence-electron chi connectivity index (χ2n) is 5.27. The molecule has 0 spiro atoms. The van der Waals surface area contributed by atoms with Crippen LogP contribution in [0.2, 0.25) is 0 Å². The molecule has 1 aromatic rings. The van der Waals surface area contributed by atoms with Gasteiger partial charge in [-0.05, 0) is 42.2 Å². The van der Waals surface area contributed by atoms with Gasteiger partial charge in [-0.3, -0.25) is 4.99 Å². The van der Waals surface area contributed by atoms with Crippen molar-refractivity contribution < 1.29 is 0 Å². The van der Waals surface area contributed by atoms with Crippen LogP contribution in [0.5, 0.6) is 0 Å². The van der Waals surface area contributed by atoms with Crippen molar-refractivity contribution in [3.05, 3.63) is 29.8 Å². The highest BCUT2D eigenvalue weighted by Crippen LogP contribution is 2.26. The number of hydrogen-bond donors (Lipinski definition) is 2. The zero-order valence-electron chi connectivity index (χ0n) is 11.7. The van der Waals surface area contributed by atoms with Crippen LogP contribution < -0.4 is 11.1 Å². The van der Waals surface area contributed by atoms with Crippen molar-refractivity contribution >= 4 is 23.4 Å². The van der Waals surface area contributed by atoms with Crippen molar-refractivity contribution in [2.45, 2.75) is 37.9 Å². The second-order valence-corrected chi connectivity index (χ2v) is 6.67. The number of rotatable bonds is 4. The van der Waals surface area contributed by atoms with Crippen LogP contribution in [0.1, 0.15) is 38.2 Å². The van der Waals surface area contributed by atoms with Gasteiger partial charge in [-0.1, -0.05) is 26.0 Å². The fourth-order valence-corrected chi connectivity index (χ4v) is 3.33. The van der Waals surface area contributed by atoms with E-state index in [4.69, 9.17) is 5.73 Å². The zero-order valence-corrected chi connectivity index (χ0v) is 12.5. The van der Waals surface area contributed by atoms with Gasteiger partial charge in [-0.25, -0.2) is 0 Å². The van der Waals surface area contributed by atoms with E-state index in [1.165, 1.54) is 24.2 Å². The molecule has 104 valence electrons. The molecule has 0 bridgehead atoms. The Balaban J connectivity index is 1.91. The average molecular weight is 277 g/mol. The summed E-state index contributed by atoms with van der Waals surface area (Å²) in [5.41, 5.74) is 8.27. The van der Waals surface area contributed by atoms with Gasteiger partial charge in [-0.2, -0.15) is 11.8 Å². The molecule has 1 saturated heterocycles. The number of anilines is 1. The van der Waals surface area contributed by atoms with Crippen molar-refractivity contribution in [3.63, 3.8) is 0 Å². The molecule has 0 aliphatic carbocycles. The van der Waals surface area contributed by atoms with E-state index >= 15 is 0 Å². The molecular formula is C15H23N3S. The van der Waals surface area contributed by atoms with Crippen molar-refractivity contribution in [1.82, 2.24) is 0 Å². The van der Waals surface area contributed by atoms with Crippen LogP contribution in [0.25, 0.3) is 0 Å². The predicted molar refractivity (Wildman–Crippen MR) is 86.1 cm³/mol. The molecule has 4 heteroatoms. The monoisotopic (exact) mass is 277 g/mol. The molecule has 0 amide bonds. The third kappa shape index (κ3) is 4.46. The van der Waals surface area contributed by atoms with Crippen LogP contribution in [0.4, 0.5) is 5.69 Å². The van der Waals surface area contributed by atoms with Crippen LogP contribution in [-0.2, 0) is 0 Å². The molecule has 1 unspecified atom stereocenters. The minimum Gasteiger partial charge on any atom is -0.370 e. The summed E-state index contributed by atoms with van der Waals surface area (Å²) in [6.45, 7) is 5.20. The number of hydrogen-bond acceptors (Lipinski definition) is 2. The SMILES string of the molecule is CC(C)c1cccc(NC(N)=NCC2CCCS2)c1. The van der Waals surface area contributed by atoms with Crippen molar-refractivity contribution in [1.29, 1.82) is 0 Å². The molecule has 2 rings (SSSR count). The van der Waals surface area contributed by atoms with E-state index in [-0.39, 0.29) is 0 Å². The van der Waals surface area contributed by atoms with Gasteiger partial charge < -0.3 is 11.1 Å². The van der Waals surface area contributed by atoms with Crippen LogP contribution in [-0.4, -0.2) is 23.5 Å². The summed E-state index contributed by atoms with van der Waals surface area (Å²) in [5.74, 6) is 2.31. The Morgan fingerprint density at radius 1 is 1.53 bits per heavy atom. The van der Waals surface area contributed by atoms with E-state index in [9.17, 15) is 0 Å². The van der Waals surface area contributed by atoms with Gasteiger partial charge in [0.1, 0.15) is 0 Å². The lowest BCUT2D eigenvalue weighted by atomic mass is 10.0. The lowest BCUT2D eigenvalue weighted by molar-refractivity contribution is 0.786. The number of thioether (sulfide) groups is 1. The fourth-order valence-electron chi connectivity index (χ4n) is 2.15. The Morgan fingerprint density at radius 3 is 3.05 bits per heavy atom. The molecule has 1 heterocycles. The van der Waals surface area contributed by atoms with Crippen LogP contribution >= 0.6 is 11.8 Å². The van der Waals surface area contributed by atoms with Gasteiger partial charge in [0.25, 0.3) is 0 Å². The summed E-state index contributed by atoms with van der Waals surface area (Å²) in [7, 11) is 0. The Morgan fingerprint density at radius 2 is 2.37 bits per heavy atom. The Labute approximate surface area is 120 Å². The molecule has 1 aliphatic rings. The average Bonchev–Trinajstić information content (AvgIpc) is 2.90. The van der Waals surface area contributed by atoms with Crippen molar-refractivity contribution in [2.24, 2.45) is 10.7 Å². The summed E-state index contributed by atoms with van der Waals surface area (Å²) >= 11 is 2.01. The van der Waals surface area contributed by atoms with Gasteiger partial charge in [-0.15, -0.1) is 0 Å². The third-order valence-electron chi connectivity index (χ3n) is 3.31. The molecule has 1 fully saturated rings. The smallest absolute Gasteiger partial charge is 0.193 e. The highest BCUT2D eigenvalue weighted by molar-refractivity contribution is 8.00. The molecule has 3 nitrogen and oxygen atoms in total. The first-order valence-corrected chi connectivity index (χ1v) is 7.98. The molecule has 19 heavy (non-hydrogen) atoms. The minimum absolute atomic E-state index is 0.522. The Kier molecular flexibility index (Phi) is 5.14.